The van der Waals surface area contributed by atoms with Crippen LogP contribution in [0.15, 0.2) is 36.4 Å². The maximum atomic E-state index is 12.9. The van der Waals surface area contributed by atoms with Crippen molar-refractivity contribution in [1.29, 1.82) is 0 Å². The number of likely N-dealkylation sites (N-methyl/N-ethyl adjacent to an activating group) is 1. The monoisotopic (exact) mass is 358 g/mol. The molecule has 1 N–H and O–H groups in total. The number of para-hydroxylation sites is 1. The Hall–Kier alpha value is -2.30. The Morgan fingerprint density at radius 1 is 1.12 bits per heavy atom. The number of carbonyl (C=O) groups excluding carboxylic acids is 2. The highest BCUT2D eigenvalue weighted by Crippen LogP contribution is 2.23. The smallest absolute Gasteiger partial charge is 0.258 e. The molecule has 0 bridgehead atoms. The molecule has 142 valence electrons. The van der Waals surface area contributed by atoms with Crippen molar-refractivity contribution in [3.05, 3.63) is 42.0 Å². The van der Waals surface area contributed by atoms with E-state index in [4.69, 9.17) is 4.74 Å². The van der Waals surface area contributed by atoms with E-state index in [9.17, 15) is 9.59 Å². The average Bonchev–Trinajstić information content (AvgIpc) is 2.61. The van der Waals surface area contributed by atoms with Gasteiger partial charge in [0.2, 0.25) is 5.91 Å². The number of amides is 2. The average molecular weight is 358 g/mol. The molecule has 0 fully saturated rings. The first kappa shape index (κ1) is 20.0. The standard InChI is InChI=1S/C21H30N2O3/c1-14(2)18-12-8-6-10-15(3)26-19-13-9-7-11-17(19)21(25)23(5)16(4)20(24)22-18/h6-9,11,13-16,18H,10,12H2,1-5H3,(H,22,24)/b8-6-/t15-,16+,18+/m0/s1. The molecule has 0 radical (unpaired) electrons. The van der Waals surface area contributed by atoms with Gasteiger partial charge in [0.1, 0.15) is 11.8 Å². The third kappa shape index (κ3) is 4.87. The maximum absolute atomic E-state index is 12.9. The minimum atomic E-state index is -0.568. The number of nitrogens with one attached hydrogen (secondary N) is 1. The number of carbonyl (C=O) groups is 2. The molecule has 3 atom stereocenters. The minimum absolute atomic E-state index is 0.0381. The van der Waals surface area contributed by atoms with Gasteiger partial charge in [-0.1, -0.05) is 38.1 Å². The van der Waals surface area contributed by atoms with Crippen molar-refractivity contribution in [3.8, 4) is 5.75 Å². The maximum Gasteiger partial charge on any atom is 0.258 e. The molecule has 26 heavy (non-hydrogen) atoms. The second-order valence-corrected chi connectivity index (χ2v) is 7.32. The number of hydrogen-bond acceptors (Lipinski definition) is 3. The molecule has 1 aliphatic heterocycles. The summed E-state index contributed by atoms with van der Waals surface area (Å²) < 4.78 is 6.00. The van der Waals surface area contributed by atoms with Crippen LogP contribution in [-0.2, 0) is 4.79 Å². The molecule has 2 amide bonds. The molecule has 1 aromatic carbocycles. The van der Waals surface area contributed by atoms with Crippen molar-refractivity contribution in [1.82, 2.24) is 10.2 Å². The lowest BCUT2D eigenvalue weighted by atomic mass is 9.99. The van der Waals surface area contributed by atoms with Crippen LogP contribution in [-0.4, -0.2) is 41.9 Å². The van der Waals surface area contributed by atoms with Crippen molar-refractivity contribution in [2.24, 2.45) is 5.92 Å². The number of hydrogen-bond donors (Lipinski definition) is 1. The van der Waals surface area contributed by atoms with Gasteiger partial charge in [0, 0.05) is 19.5 Å². The van der Waals surface area contributed by atoms with Crippen molar-refractivity contribution in [3.63, 3.8) is 0 Å². The summed E-state index contributed by atoms with van der Waals surface area (Å²) in [6.07, 6.45) is 5.64. The third-order valence-electron chi connectivity index (χ3n) is 4.88. The van der Waals surface area contributed by atoms with Gasteiger partial charge in [-0.2, -0.15) is 0 Å². The van der Waals surface area contributed by atoms with Gasteiger partial charge in [-0.3, -0.25) is 9.59 Å². The summed E-state index contributed by atoms with van der Waals surface area (Å²) in [6, 6.07) is 6.66. The summed E-state index contributed by atoms with van der Waals surface area (Å²) in [5.74, 6) is 0.495. The molecule has 1 aromatic rings. The quantitative estimate of drug-likeness (QED) is 0.783. The molecular formula is C21H30N2O3. The van der Waals surface area contributed by atoms with Gasteiger partial charge in [0.05, 0.1) is 11.7 Å². The van der Waals surface area contributed by atoms with Gasteiger partial charge in [-0.05, 0) is 38.3 Å². The molecule has 0 aromatic heterocycles. The van der Waals surface area contributed by atoms with Gasteiger partial charge in [-0.15, -0.1) is 0 Å². The summed E-state index contributed by atoms with van der Waals surface area (Å²) in [7, 11) is 1.66. The van der Waals surface area contributed by atoms with Crippen LogP contribution in [0.25, 0.3) is 0 Å². The van der Waals surface area contributed by atoms with Crippen molar-refractivity contribution in [2.75, 3.05) is 7.05 Å². The van der Waals surface area contributed by atoms with E-state index >= 15 is 0 Å². The third-order valence-corrected chi connectivity index (χ3v) is 4.88. The highest BCUT2D eigenvalue weighted by Gasteiger charge is 2.27. The van der Waals surface area contributed by atoms with E-state index in [1.165, 1.54) is 4.90 Å². The summed E-state index contributed by atoms with van der Waals surface area (Å²) in [5.41, 5.74) is 0.475. The molecule has 0 saturated carbocycles. The topological polar surface area (TPSA) is 58.6 Å². The van der Waals surface area contributed by atoms with E-state index in [0.29, 0.717) is 17.2 Å². The van der Waals surface area contributed by atoms with E-state index in [1.807, 2.05) is 13.0 Å². The zero-order chi connectivity index (χ0) is 19.3. The summed E-state index contributed by atoms with van der Waals surface area (Å²) in [4.78, 5) is 27.1. The Balaban J connectivity index is 2.36. The lowest BCUT2D eigenvalue weighted by molar-refractivity contribution is -0.125. The lowest BCUT2D eigenvalue weighted by Crippen LogP contribution is -2.50. The molecule has 0 saturated heterocycles. The van der Waals surface area contributed by atoms with Crippen LogP contribution in [0.4, 0.5) is 0 Å². The van der Waals surface area contributed by atoms with E-state index in [0.717, 1.165) is 12.8 Å². The Morgan fingerprint density at radius 3 is 2.46 bits per heavy atom. The summed E-state index contributed by atoms with van der Waals surface area (Å²) >= 11 is 0. The molecule has 5 nitrogen and oxygen atoms in total. The first-order valence-corrected chi connectivity index (χ1v) is 9.29. The molecular weight excluding hydrogens is 328 g/mol. The number of nitrogens with zero attached hydrogens (tertiary/aromatic N) is 1. The van der Waals surface area contributed by atoms with Gasteiger partial charge in [-0.25, -0.2) is 0 Å². The van der Waals surface area contributed by atoms with E-state index in [-0.39, 0.29) is 24.0 Å². The molecule has 1 aliphatic rings. The van der Waals surface area contributed by atoms with Crippen LogP contribution in [0, 0.1) is 5.92 Å². The van der Waals surface area contributed by atoms with Crippen LogP contribution in [0.2, 0.25) is 0 Å². The highest BCUT2D eigenvalue weighted by atomic mass is 16.5. The molecule has 5 heteroatoms. The molecule has 0 aliphatic carbocycles. The second kappa shape index (κ2) is 8.88. The SMILES string of the molecule is CC(C)[C@H]1C/C=C\C[C@H](C)Oc2ccccc2C(=O)N(C)[C@H](C)C(=O)N1. The predicted octanol–water partition coefficient (Wildman–Crippen LogP) is 3.41. The second-order valence-electron chi connectivity index (χ2n) is 7.32. The summed E-state index contributed by atoms with van der Waals surface area (Å²) in [5, 5.41) is 3.09. The van der Waals surface area contributed by atoms with Crippen LogP contribution >= 0.6 is 0 Å². The highest BCUT2D eigenvalue weighted by molar-refractivity contribution is 5.99. The fraction of sp³-hybridized carbons (Fsp3) is 0.524. The van der Waals surface area contributed by atoms with Crippen LogP contribution < -0.4 is 10.1 Å². The van der Waals surface area contributed by atoms with Gasteiger partial charge in [0.25, 0.3) is 5.91 Å². The Labute approximate surface area is 156 Å². The van der Waals surface area contributed by atoms with Crippen molar-refractivity contribution in [2.45, 2.75) is 58.7 Å². The largest absolute Gasteiger partial charge is 0.490 e. The van der Waals surface area contributed by atoms with E-state index in [2.05, 4.69) is 31.3 Å². The predicted molar refractivity (Wildman–Crippen MR) is 103 cm³/mol. The zero-order valence-corrected chi connectivity index (χ0v) is 16.4. The van der Waals surface area contributed by atoms with Crippen molar-refractivity contribution >= 4 is 11.8 Å². The molecule has 2 rings (SSSR count). The van der Waals surface area contributed by atoms with Crippen LogP contribution in [0.3, 0.4) is 0 Å². The first-order chi connectivity index (χ1) is 12.3. The Bertz CT molecular complexity index is 669. The minimum Gasteiger partial charge on any atom is -0.490 e. The Kier molecular flexibility index (Phi) is 6.83. The van der Waals surface area contributed by atoms with Crippen LogP contribution in [0.1, 0.15) is 50.9 Å². The van der Waals surface area contributed by atoms with Gasteiger partial charge in [0.15, 0.2) is 0 Å². The number of rotatable bonds is 1. The zero-order valence-electron chi connectivity index (χ0n) is 16.4. The Morgan fingerprint density at radius 2 is 1.77 bits per heavy atom. The lowest BCUT2D eigenvalue weighted by Gasteiger charge is -2.29. The first-order valence-electron chi connectivity index (χ1n) is 9.29. The fourth-order valence-electron chi connectivity index (χ4n) is 2.88. The van der Waals surface area contributed by atoms with Crippen molar-refractivity contribution < 1.29 is 14.3 Å². The fourth-order valence-corrected chi connectivity index (χ4v) is 2.88. The van der Waals surface area contributed by atoms with Gasteiger partial charge >= 0.3 is 0 Å². The molecule has 1 heterocycles. The molecule has 0 unspecified atom stereocenters. The summed E-state index contributed by atoms with van der Waals surface area (Å²) in [6.45, 7) is 7.91. The molecule has 0 spiro atoms. The number of fused-ring (bicyclic) bond motifs is 1. The normalized spacial score (nSPS) is 26.5. The number of ether oxygens (including phenoxy) is 1. The van der Waals surface area contributed by atoms with E-state index < -0.39 is 6.04 Å². The van der Waals surface area contributed by atoms with E-state index in [1.54, 1.807) is 32.2 Å². The van der Waals surface area contributed by atoms with Gasteiger partial charge < -0.3 is 15.0 Å². The number of benzene rings is 1. The van der Waals surface area contributed by atoms with Crippen LogP contribution in [0.5, 0.6) is 5.75 Å².